The van der Waals surface area contributed by atoms with Gasteiger partial charge >= 0.3 is 0 Å². The van der Waals surface area contributed by atoms with Crippen LogP contribution in [-0.4, -0.2) is 26.0 Å². The number of anilines is 2. The van der Waals surface area contributed by atoms with E-state index in [1.54, 1.807) is 31.2 Å². The fourth-order valence-electron chi connectivity index (χ4n) is 3.61. The van der Waals surface area contributed by atoms with Crippen LogP contribution in [0.4, 0.5) is 11.4 Å². The predicted octanol–water partition coefficient (Wildman–Crippen LogP) is 4.31. The summed E-state index contributed by atoms with van der Waals surface area (Å²) in [5.41, 5.74) is 2.97. The van der Waals surface area contributed by atoms with Gasteiger partial charge in [-0.05, 0) is 62.1 Å². The minimum absolute atomic E-state index is 0.0173. The normalized spacial score (nSPS) is 16.1. The zero-order chi connectivity index (χ0) is 21.6. The molecule has 0 saturated heterocycles. The van der Waals surface area contributed by atoms with E-state index in [-0.39, 0.29) is 11.8 Å². The Bertz CT molecular complexity index is 1290. The molecule has 0 radical (unpaired) electrons. The Labute approximate surface area is 184 Å². The summed E-state index contributed by atoms with van der Waals surface area (Å²) in [7, 11) is -3.61. The van der Waals surface area contributed by atoms with Gasteiger partial charge in [-0.25, -0.2) is 8.42 Å². The number of sulfonamides is 1. The molecule has 7 nitrogen and oxygen atoms in total. The molecule has 9 heteroatoms. The molecule has 3 heterocycles. The fourth-order valence-corrected chi connectivity index (χ4v) is 6.46. The van der Waals surface area contributed by atoms with Crippen LogP contribution < -0.4 is 9.62 Å². The molecule has 2 aliphatic rings. The molecule has 1 saturated carbocycles. The van der Waals surface area contributed by atoms with Gasteiger partial charge in [0, 0.05) is 17.3 Å². The molecule has 1 aliphatic heterocycles. The van der Waals surface area contributed by atoms with Crippen LogP contribution in [0.25, 0.3) is 12.2 Å². The summed E-state index contributed by atoms with van der Waals surface area (Å²) in [4.78, 5) is 12.9. The monoisotopic (exact) mass is 455 g/mol. The zero-order valence-corrected chi connectivity index (χ0v) is 18.5. The van der Waals surface area contributed by atoms with E-state index in [2.05, 4.69) is 10.5 Å². The van der Waals surface area contributed by atoms with E-state index in [9.17, 15) is 13.2 Å². The van der Waals surface area contributed by atoms with Crippen molar-refractivity contribution in [2.75, 3.05) is 16.2 Å². The summed E-state index contributed by atoms with van der Waals surface area (Å²) in [6.45, 7) is 2.22. The SMILES string of the molecule is Cc1noc(C=Cc2ccc(S(=O)(=O)N3CCc4ccccc43)s2)c1NC(=O)C1CC1. The van der Waals surface area contributed by atoms with Crippen molar-refractivity contribution >= 4 is 50.8 Å². The lowest BCUT2D eigenvalue weighted by Gasteiger charge is -2.18. The molecule has 1 amide bonds. The Kier molecular flexibility index (Phi) is 4.94. The lowest BCUT2D eigenvalue weighted by molar-refractivity contribution is -0.117. The largest absolute Gasteiger partial charge is 0.354 e. The number of carbonyl (C=O) groups excluding carboxylic acids is 1. The average molecular weight is 456 g/mol. The van der Waals surface area contributed by atoms with Gasteiger partial charge in [-0.15, -0.1) is 11.3 Å². The number of nitrogens with one attached hydrogen (secondary N) is 1. The van der Waals surface area contributed by atoms with Gasteiger partial charge in [0.25, 0.3) is 10.0 Å². The van der Waals surface area contributed by atoms with Crippen LogP contribution in [0.5, 0.6) is 0 Å². The third-order valence-electron chi connectivity index (χ3n) is 5.48. The quantitative estimate of drug-likeness (QED) is 0.598. The van der Waals surface area contributed by atoms with Gasteiger partial charge in [0.1, 0.15) is 15.6 Å². The van der Waals surface area contributed by atoms with Crippen molar-refractivity contribution in [1.82, 2.24) is 5.16 Å². The smallest absolute Gasteiger partial charge is 0.273 e. The molecule has 1 aliphatic carbocycles. The second kappa shape index (κ2) is 7.65. The summed E-state index contributed by atoms with van der Waals surface area (Å²) in [5, 5.41) is 6.83. The third kappa shape index (κ3) is 3.79. The number of carbonyl (C=O) groups is 1. The number of para-hydroxylation sites is 1. The molecule has 2 aromatic heterocycles. The van der Waals surface area contributed by atoms with Crippen LogP contribution in [0.2, 0.25) is 0 Å². The highest BCUT2D eigenvalue weighted by Crippen LogP contribution is 2.36. The molecule has 1 aromatic carbocycles. The zero-order valence-electron chi connectivity index (χ0n) is 16.9. The van der Waals surface area contributed by atoms with Gasteiger partial charge in [0.2, 0.25) is 5.91 Å². The lowest BCUT2D eigenvalue weighted by Crippen LogP contribution is -2.28. The van der Waals surface area contributed by atoms with E-state index in [1.165, 1.54) is 15.6 Å². The Balaban J connectivity index is 1.36. The molecule has 1 fully saturated rings. The average Bonchev–Trinajstić information content (AvgIpc) is 3.18. The number of fused-ring (bicyclic) bond motifs is 1. The van der Waals surface area contributed by atoms with Crippen molar-refractivity contribution in [2.45, 2.75) is 30.4 Å². The molecular weight excluding hydrogens is 434 g/mol. The highest BCUT2D eigenvalue weighted by atomic mass is 32.2. The molecule has 0 unspecified atom stereocenters. The van der Waals surface area contributed by atoms with Crippen molar-refractivity contribution in [1.29, 1.82) is 0 Å². The van der Waals surface area contributed by atoms with Crippen LogP contribution in [0.15, 0.2) is 45.1 Å². The number of aryl methyl sites for hydroxylation is 1. The van der Waals surface area contributed by atoms with Crippen molar-refractivity contribution < 1.29 is 17.7 Å². The van der Waals surface area contributed by atoms with Gasteiger partial charge in [0.05, 0.1) is 5.69 Å². The molecule has 0 bridgehead atoms. The maximum Gasteiger partial charge on any atom is 0.273 e. The second-order valence-corrected chi connectivity index (χ2v) is 10.9. The molecule has 160 valence electrons. The van der Waals surface area contributed by atoms with E-state index in [4.69, 9.17) is 4.52 Å². The molecule has 1 N–H and O–H groups in total. The number of benzene rings is 1. The number of hydrogen-bond donors (Lipinski definition) is 1. The molecule has 0 spiro atoms. The number of aromatic nitrogens is 1. The topological polar surface area (TPSA) is 92.5 Å². The summed E-state index contributed by atoms with van der Waals surface area (Å²) < 4.78 is 33.4. The number of amides is 1. The Morgan fingerprint density at radius 2 is 2.03 bits per heavy atom. The lowest BCUT2D eigenvalue weighted by atomic mass is 10.2. The minimum Gasteiger partial charge on any atom is -0.354 e. The van der Waals surface area contributed by atoms with Crippen LogP contribution >= 0.6 is 11.3 Å². The molecular formula is C22H21N3O4S2. The first kappa shape index (κ1) is 20.0. The van der Waals surface area contributed by atoms with Crippen molar-refractivity contribution in [3.63, 3.8) is 0 Å². The standard InChI is InChI=1S/C22H21N3O4S2/c1-14-21(23-22(26)16-6-7-16)19(29-24-14)10-8-17-9-11-20(30-17)31(27,28)25-13-12-15-4-2-3-5-18(15)25/h2-5,8-11,16H,6-7,12-13H2,1H3,(H,23,26). The Morgan fingerprint density at radius 1 is 1.23 bits per heavy atom. The van der Waals surface area contributed by atoms with E-state index in [1.807, 2.05) is 24.3 Å². The predicted molar refractivity (Wildman–Crippen MR) is 121 cm³/mol. The van der Waals surface area contributed by atoms with Gasteiger partial charge < -0.3 is 9.84 Å². The first-order valence-electron chi connectivity index (χ1n) is 10.1. The summed E-state index contributed by atoms with van der Waals surface area (Å²) >= 11 is 1.20. The van der Waals surface area contributed by atoms with Crippen molar-refractivity contribution in [3.8, 4) is 0 Å². The van der Waals surface area contributed by atoms with E-state index in [0.29, 0.717) is 34.3 Å². The van der Waals surface area contributed by atoms with Crippen molar-refractivity contribution in [2.24, 2.45) is 5.92 Å². The van der Waals surface area contributed by atoms with Crippen LogP contribution in [0.3, 0.4) is 0 Å². The van der Waals surface area contributed by atoms with Crippen LogP contribution in [0.1, 0.15) is 34.7 Å². The molecule has 0 atom stereocenters. The molecule has 31 heavy (non-hydrogen) atoms. The first-order valence-corrected chi connectivity index (χ1v) is 12.3. The molecule has 5 rings (SSSR count). The highest BCUT2D eigenvalue weighted by Gasteiger charge is 2.32. The van der Waals surface area contributed by atoms with Gasteiger partial charge in [-0.3, -0.25) is 9.10 Å². The van der Waals surface area contributed by atoms with E-state index < -0.39 is 10.0 Å². The number of rotatable bonds is 6. The Hall–Kier alpha value is -2.91. The van der Waals surface area contributed by atoms with Gasteiger partial charge in [-0.2, -0.15) is 0 Å². The summed E-state index contributed by atoms with van der Waals surface area (Å²) in [5.74, 6) is 0.501. The number of thiophene rings is 1. The number of hydrogen-bond acceptors (Lipinski definition) is 6. The first-order chi connectivity index (χ1) is 14.9. The van der Waals surface area contributed by atoms with Crippen LogP contribution in [0, 0.1) is 12.8 Å². The minimum atomic E-state index is -3.61. The van der Waals surface area contributed by atoms with E-state index >= 15 is 0 Å². The highest BCUT2D eigenvalue weighted by molar-refractivity contribution is 7.94. The van der Waals surface area contributed by atoms with Gasteiger partial charge in [-0.1, -0.05) is 23.4 Å². The maximum absolute atomic E-state index is 13.2. The Morgan fingerprint density at radius 3 is 2.84 bits per heavy atom. The van der Waals surface area contributed by atoms with Crippen molar-refractivity contribution in [3.05, 3.63) is 58.3 Å². The number of nitrogens with zero attached hydrogens (tertiary/aromatic N) is 2. The summed E-state index contributed by atoms with van der Waals surface area (Å²) in [6, 6.07) is 11.0. The molecule has 3 aromatic rings. The third-order valence-corrected chi connectivity index (χ3v) is 8.81. The second-order valence-electron chi connectivity index (χ2n) is 7.72. The summed E-state index contributed by atoms with van der Waals surface area (Å²) in [6.07, 6.45) is 6.02. The fraction of sp³-hybridized carbons (Fsp3) is 0.273. The van der Waals surface area contributed by atoms with Crippen LogP contribution in [-0.2, 0) is 21.2 Å². The van der Waals surface area contributed by atoms with Gasteiger partial charge in [0.15, 0.2) is 5.76 Å². The maximum atomic E-state index is 13.2. The van der Waals surface area contributed by atoms with E-state index in [0.717, 1.165) is 29.0 Å².